The van der Waals surface area contributed by atoms with Crippen LogP contribution in [0.15, 0.2) is 18.2 Å². The quantitative estimate of drug-likeness (QED) is 0.514. The Labute approximate surface area is 242 Å². The maximum absolute atomic E-state index is 13.3. The summed E-state index contributed by atoms with van der Waals surface area (Å²) >= 11 is 0. The van der Waals surface area contributed by atoms with Crippen molar-refractivity contribution in [1.29, 1.82) is 0 Å². The van der Waals surface area contributed by atoms with Crippen LogP contribution in [0.4, 0.5) is 10.5 Å². The van der Waals surface area contributed by atoms with Crippen LogP contribution in [0.2, 0.25) is 0 Å². The molecule has 3 amide bonds. The molecule has 1 saturated carbocycles. The minimum atomic E-state index is -0.455. The molecule has 3 aliphatic carbocycles. The van der Waals surface area contributed by atoms with Crippen LogP contribution in [0.25, 0.3) is 5.69 Å². The van der Waals surface area contributed by atoms with Crippen molar-refractivity contribution in [2.24, 2.45) is 11.1 Å². The van der Waals surface area contributed by atoms with Crippen molar-refractivity contribution >= 4 is 23.4 Å². The third-order valence-corrected chi connectivity index (χ3v) is 9.61. The molecule has 4 aliphatic rings. The monoisotopic (exact) mass is 560 g/mol. The van der Waals surface area contributed by atoms with Crippen molar-refractivity contribution < 1.29 is 14.4 Å². The predicted molar refractivity (Wildman–Crippen MR) is 160 cm³/mol. The number of hydrogen-bond acceptors (Lipinski definition) is 5. The van der Waals surface area contributed by atoms with Crippen LogP contribution in [-0.2, 0) is 19.3 Å². The SMILES string of the molecule is CN1CCN(C(=O)NC2CCC(Nc3cc(-n4c5c(c6c4CC(C)(C)CC6=O)CCC5)ccc3C(N)=O)CC2)CC1. The van der Waals surface area contributed by atoms with Gasteiger partial charge in [-0.25, -0.2) is 4.79 Å². The van der Waals surface area contributed by atoms with Gasteiger partial charge < -0.3 is 30.7 Å². The Kier molecular flexibility index (Phi) is 7.34. The van der Waals surface area contributed by atoms with Crippen LogP contribution in [-0.4, -0.2) is 77.4 Å². The maximum Gasteiger partial charge on any atom is 0.317 e. The van der Waals surface area contributed by atoms with Gasteiger partial charge in [0.05, 0.1) is 5.56 Å². The van der Waals surface area contributed by atoms with Crippen molar-refractivity contribution in [2.75, 3.05) is 38.5 Å². The number of amides is 3. The molecule has 9 heteroatoms. The van der Waals surface area contributed by atoms with E-state index in [-0.39, 0.29) is 29.3 Å². The van der Waals surface area contributed by atoms with E-state index in [1.807, 2.05) is 23.1 Å². The lowest BCUT2D eigenvalue weighted by Crippen LogP contribution is -2.53. The number of Topliss-reactive ketones (excluding diaryl/α,β-unsaturated/α-hetero) is 1. The van der Waals surface area contributed by atoms with Crippen molar-refractivity contribution in [3.05, 3.63) is 46.3 Å². The number of anilines is 1. The van der Waals surface area contributed by atoms with E-state index < -0.39 is 5.91 Å². The van der Waals surface area contributed by atoms with E-state index in [2.05, 4.69) is 41.0 Å². The molecular weight excluding hydrogens is 516 g/mol. The number of rotatable bonds is 5. The van der Waals surface area contributed by atoms with Gasteiger partial charge in [0.25, 0.3) is 5.91 Å². The first-order valence-corrected chi connectivity index (χ1v) is 15.3. The second kappa shape index (κ2) is 10.8. The Morgan fingerprint density at radius 1 is 0.951 bits per heavy atom. The molecule has 1 aliphatic heterocycles. The van der Waals surface area contributed by atoms with E-state index in [9.17, 15) is 14.4 Å². The highest BCUT2D eigenvalue weighted by Crippen LogP contribution is 2.43. The Bertz CT molecular complexity index is 1360. The van der Waals surface area contributed by atoms with Crippen molar-refractivity contribution in [1.82, 2.24) is 19.7 Å². The Balaban J connectivity index is 1.20. The fourth-order valence-electron chi connectivity index (χ4n) is 7.42. The number of nitrogens with one attached hydrogen (secondary N) is 2. The van der Waals surface area contributed by atoms with Gasteiger partial charge in [0, 0.05) is 73.0 Å². The molecule has 0 unspecified atom stereocenters. The predicted octanol–water partition coefficient (Wildman–Crippen LogP) is 3.90. The fourth-order valence-corrected chi connectivity index (χ4v) is 7.42. The number of ketones is 1. The number of likely N-dealkylation sites (N-methyl/N-ethyl adjacent to an activating group) is 1. The third-order valence-electron chi connectivity index (χ3n) is 9.61. The summed E-state index contributed by atoms with van der Waals surface area (Å²) in [5.41, 5.74) is 12.5. The Morgan fingerprint density at radius 3 is 2.37 bits per heavy atom. The highest BCUT2D eigenvalue weighted by atomic mass is 16.2. The summed E-state index contributed by atoms with van der Waals surface area (Å²) in [5, 5.41) is 6.88. The molecular formula is C32H44N6O3. The Morgan fingerprint density at radius 2 is 1.66 bits per heavy atom. The van der Waals surface area contributed by atoms with Gasteiger partial charge in [-0.1, -0.05) is 13.8 Å². The molecule has 1 saturated heterocycles. The number of nitrogens with zero attached hydrogens (tertiary/aromatic N) is 3. The summed E-state index contributed by atoms with van der Waals surface area (Å²) in [6.45, 7) is 7.70. The second-order valence-corrected chi connectivity index (χ2v) is 13.4. The Hall–Kier alpha value is -3.33. The molecule has 41 heavy (non-hydrogen) atoms. The summed E-state index contributed by atoms with van der Waals surface area (Å²) in [6.07, 6.45) is 7.98. The number of benzene rings is 1. The standard InChI is InChI=1S/C32H44N6O3/c1-32(2)18-27-29(28(39)19-32)24-5-4-6-26(24)38(27)22-11-12-23(30(33)40)25(17-22)34-20-7-9-21(10-8-20)35-31(41)37-15-13-36(3)14-16-37/h11-12,17,20-21,34H,4-10,13-16,18-19H2,1-3H3,(H2,33,40)(H,35,41). The smallest absolute Gasteiger partial charge is 0.317 e. The van der Waals surface area contributed by atoms with Crippen LogP contribution in [0, 0.1) is 5.41 Å². The molecule has 0 spiro atoms. The number of primary amides is 1. The first-order valence-electron chi connectivity index (χ1n) is 15.3. The minimum absolute atomic E-state index is 0.0440. The zero-order chi connectivity index (χ0) is 28.9. The molecule has 4 N–H and O–H groups in total. The van der Waals surface area contributed by atoms with Gasteiger partial charge in [-0.3, -0.25) is 9.59 Å². The van der Waals surface area contributed by atoms with E-state index in [1.165, 1.54) is 11.3 Å². The zero-order valence-electron chi connectivity index (χ0n) is 24.7. The molecule has 9 nitrogen and oxygen atoms in total. The highest BCUT2D eigenvalue weighted by molar-refractivity contribution is 6.01. The molecule has 2 heterocycles. The molecule has 6 rings (SSSR count). The first-order chi connectivity index (χ1) is 19.6. The molecule has 2 aromatic rings. The van der Waals surface area contributed by atoms with Crippen LogP contribution >= 0.6 is 0 Å². The molecule has 1 aromatic carbocycles. The zero-order valence-corrected chi connectivity index (χ0v) is 24.7. The minimum Gasteiger partial charge on any atom is -0.382 e. The number of nitrogens with two attached hydrogens (primary N) is 1. The molecule has 1 aromatic heterocycles. The summed E-state index contributed by atoms with van der Waals surface area (Å²) < 4.78 is 2.30. The first kappa shape index (κ1) is 27.8. The molecule has 220 valence electrons. The van der Waals surface area contributed by atoms with Gasteiger partial charge >= 0.3 is 6.03 Å². The molecule has 0 radical (unpaired) electrons. The van der Waals surface area contributed by atoms with Crippen molar-refractivity contribution in [3.8, 4) is 5.69 Å². The number of fused-ring (bicyclic) bond motifs is 3. The summed E-state index contributed by atoms with van der Waals surface area (Å²) in [4.78, 5) is 42.6. The topological polar surface area (TPSA) is 113 Å². The fraction of sp³-hybridized carbons (Fsp3) is 0.594. The van der Waals surface area contributed by atoms with E-state index in [0.717, 1.165) is 100 Å². The molecule has 0 atom stereocenters. The molecule has 0 bridgehead atoms. The molecule has 2 fully saturated rings. The van der Waals surface area contributed by atoms with E-state index >= 15 is 0 Å². The van der Waals surface area contributed by atoms with Crippen molar-refractivity contribution in [3.63, 3.8) is 0 Å². The van der Waals surface area contributed by atoms with Gasteiger partial charge in [-0.2, -0.15) is 0 Å². The van der Waals surface area contributed by atoms with Gasteiger partial charge in [0.1, 0.15) is 0 Å². The average molecular weight is 561 g/mol. The number of urea groups is 1. The lowest BCUT2D eigenvalue weighted by Gasteiger charge is -2.35. The lowest BCUT2D eigenvalue weighted by molar-refractivity contribution is 0.0909. The maximum atomic E-state index is 13.3. The van der Waals surface area contributed by atoms with Crippen molar-refractivity contribution in [2.45, 2.75) is 83.7 Å². The van der Waals surface area contributed by atoms with E-state index in [4.69, 9.17) is 5.73 Å². The van der Waals surface area contributed by atoms with Gasteiger partial charge in [-0.05, 0) is 87.6 Å². The summed E-state index contributed by atoms with van der Waals surface area (Å²) in [7, 11) is 2.09. The van der Waals surface area contributed by atoms with Gasteiger partial charge in [0.15, 0.2) is 5.78 Å². The van der Waals surface area contributed by atoms with Gasteiger partial charge in [0.2, 0.25) is 0 Å². The van der Waals surface area contributed by atoms with E-state index in [0.29, 0.717) is 12.0 Å². The number of carbonyl (C=O) groups excluding carboxylic acids is 3. The van der Waals surface area contributed by atoms with Crippen LogP contribution < -0.4 is 16.4 Å². The largest absolute Gasteiger partial charge is 0.382 e. The highest BCUT2D eigenvalue weighted by Gasteiger charge is 2.39. The number of aromatic nitrogens is 1. The van der Waals surface area contributed by atoms with Gasteiger partial charge in [-0.15, -0.1) is 0 Å². The lowest BCUT2D eigenvalue weighted by atomic mass is 9.75. The van der Waals surface area contributed by atoms with Crippen LogP contribution in [0.5, 0.6) is 0 Å². The third kappa shape index (κ3) is 5.48. The number of piperazine rings is 1. The summed E-state index contributed by atoms with van der Waals surface area (Å²) in [6, 6.07) is 6.24. The van der Waals surface area contributed by atoms with Crippen LogP contribution in [0.3, 0.4) is 0 Å². The van der Waals surface area contributed by atoms with E-state index in [1.54, 1.807) is 0 Å². The second-order valence-electron chi connectivity index (χ2n) is 13.4. The number of hydrogen-bond donors (Lipinski definition) is 3. The normalized spacial score (nSPS) is 24.1. The number of carbonyl (C=O) groups is 3. The van der Waals surface area contributed by atoms with Crippen LogP contribution in [0.1, 0.15) is 90.0 Å². The summed E-state index contributed by atoms with van der Waals surface area (Å²) in [5.74, 6) is -0.194. The average Bonchev–Trinajstić information content (AvgIpc) is 3.49.